The van der Waals surface area contributed by atoms with E-state index in [1.807, 2.05) is 0 Å². The maximum atomic E-state index is 12.4. The molecule has 0 unspecified atom stereocenters. The van der Waals surface area contributed by atoms with Crippen LogP contribution in [0.2, 0.25) is 0 Å². The van der Waals surface area contributed by atoms with E-state index in [1.54, 1.807) is 22.6 Å². The summed E-state index contributed by atoms with van der Waals surface area (Å²) in [5, 5.41) is 0. The first-order chi connectivity index (χ1) is 8.81. The van der Waals surface area contributed by atoms with Crippen LogP contribution in [0.15, 0.2) is 24.3 Å². The van der Waals surface area contributed by atoms with Crippen molar-refractivity contribution < 1.29 is 27.5 Å². The highest BCUT2D eigenvalue weighted by Crippen LogP contribution is 2.24. The first kappa shape index (κ1) is 15.7. The monoisotopic (exact) mass is 387 g/mol. The van der Waals surface area contributed by atoms with Crippen LogP contribution in [-0.2, 0) is 9.53 Å². The Kier molecular flexibility index (Phi) is 5.15. The second-order valence-corrected chi connectivity index (χ2v) is 4.07. The summed E-state index contributed by atoms with van der Waals surface area (Å²) in [4.78, 5) is 22.9. The number of nitrogens with zero attached hydrogens (tertiary/aromatic N) is 1. The maximum Gasteiger partial charge on any atom is 0.471 e. The number of anilines is 1. The lowest BCUT2D eigenvalue weighted by Crippen LogP contribution is -2.40. The van der Waals surface area contributed by atoms with Crippen molar-refractivity contribution in [2.75, 3.05) is 16.6 Å². The van der Waals surface area contributed by atoms with Crippen LogP contribution in [0, 0.1) is 0 Å². The molecule has 19 heavy (non-hydrogen) atoms. The Morgan fingerprint density at radius 3 is 2.16 bits per heavy atom. The van der Waals surface area contributed by atoms with Crippen LogP contribution in [0.4, 0.5) is 18.9 Å². The Morgan fingerprint density at radius 2 is 1.79 bits per heavy atom. The number of halogens is 4. The lowest BCUT2D eigenvalue weighted by Gasteiger charge is -2.21. The number of esters is 1. The lowest BCUT2D eigenvalue weighted by atomic mass is 10.2. The van der Waals surface area contributed by atoms with E-state index in [0.29, 0.717) is 4.90 Å². The molecule has 0 aromatic heterocycles. The number of hydrogen-bond acceptors (Lipinski definition) is 3. The molecule has 0 N–H and O–H groups in total. The van der Waals surface area contributed by atoms with Crippen molar-refractivity contribution in [2.45, 2.75) is 6.18 Å². The van der Waals surface area contributed by atoms with Gasteiger partial charge in [-0.15, -0.1) is 0 Å². The van der Waals surface area contributed by atoms with Crippen molar-refractivity contribution in [3.8, 4) is 0 Å². The van der Waals surface area contributed by atoms with Gasteiger partial charge in [0.15, 0.2) is 0 Å². The summed E-state index contributed by atoms with van der Waals surface area (Å²) in [6.07, 6.45) is -4.94. The Labute approximate surface area is 120 Å². The zero-order chi connectivity index (χ0) is 14.6. The molecule has 1 aromatic carbocycles. The number of ether oxygens (including phenoxy) is 1. The van der Waals surface area contributed by atoms with Gasteiger partial charge in [-0.2, -0.15) is 13.2 Å². The Morgan fingerprint density at radius 1 is 1.26 bits per heavy atom. The molecule has 0 fully saturated rings. The highest BCUT2D eigenvalue weighted by atomic mass is 127. The first-order valence-electron chi connectivity index (χ1n) is 4.94. The van der Waals surface area contributed by atoms with Crippen molar-refractivity contribution in [1.82, 2.24) is 0 Å². The molecule has 1 amide bonds. The van der Waals surface area contributed by atoms with Crippen LogP contribution < -0.4 is 4.90 Å². The van der Waals surface area contributed by atoms with Gasteiger partial charge in [-0.05, 0) is 24.3 Å². The molecule has 0 aliphatic carbocycles. The minimum Gasteiger partial charge on any atom is -0.465 e. The maximum absolute atomic E-state index is 12.4. The smallest absolute Gasteiger partial charge is 0.465 e. The number of benzene rings is 1. The van der Waals surface area contributed by atoms with Crippen molar-refractivity contribution in [3.63, 3.8) is 0 Å². The number of carbonyl (C=O) groups is 2. The number of carbonyl (C=O) groups excluding carboxylic acids is 2. The molecule has 0 saturated carbocycles. The summed E-state index contributed by atoms with van der Waals surface area (Å²) in [5.74, 6) is -2.55. The molecule has 0 aliphatic heterocycles. The molecule has 0 heterocycles. The zero-order valence-electron chi connectivity index (χ0n) is 9.70. The molecule has 1 rings (SSSR count). The fourth-order valence-corrected chi connectivity index (χ4v) is 1.99. The Hall–Kier alpha value is -1.32. The van der Waals surface area contributed by atoms with Crippen LogP contribution in [0.25, 0.3) is 0 Å². The molecule has 8 heteroatoms. The second kappa shape index (κ2) is 6.22. The quantitative estimate of drug-likeness (QED) is 0.347. The van der Waals surface area contributed by atoms with Gasteiger partial charge >= 0.3 is 18.1 Å². The summed E-state index contributed by atoms with van der Waals surface area (Å²) in [6, 6.07) is 5.11. The van der Waals surface area contributed by atoms with Gasteiger partial charge in [0.25, 0.3) is 0 Å². The number of hydrogen-bond donors (Lipinski definition) is 0. The third kappa shape index (κ3) is 3.82. The van der Waals surface area contributed by atoms with Gasteiger partial charge in [0.05, 0.1) is 17.2 Å². The van der Waals surface area contributed by atoms with E-state index in [1.165, 1.54) is 31.4 Å². The predicted molar refractivity (Wildman–Crippen MR) is 70.2 cm³/mol. The largest absolute Gasteiger partial charge is 0.471 e. The summed E-state index contributed by atoms with van der Waals surface area (Å²) in [6.45, 7) is 0. The summed E-state index contributed by atoms with van der Waals surface area (Å²) in [7, 11) is 1.20. The topological polar surface area (TPSA) is 46.6 Å². The normalized spacial score (nSPS) is 11.0. The molecule has 104 valence electrons. The van der Waals surface area contributed by atoms with E-state index in [0.717, 1.165) is 0 Å². The van der Waals surface area contributed by atoms with E-state index in [4.69, 9.17) is 0 Å². The molecule has 0 spiro atoms. The number of rotatable bonds is 3. The number of methoxy groups -OCH3 is 1. The number of amides is 1. The van der Waals surface area contributed by atoms with E-state index < -0.39 is 18.1 Å². The molecule has 4 nitrogen and oxygen atoms in total. The first-order valence-corrected chi connectivity index (χ1v) is 6.47. The third-order valence-corrected chi connectivity index (χ3v) is 2.89. The van der Waals surface area contributed by atoms with Crippen molar-refractivity contribution in [2.24, 2.45) is 0 Å². The fourth-order valence-electron chi connectivity index (χ4n) is 1.29. The van der Waals surface area contributed by atoms with E-state index in [2.05, 4.69) is 4.74 Å². The van der Waals surface area contributed by atoms with E-state index >= 15 is 0 Å². The van der Waals surface area contributed by atoms with Crippen LogP contribution in [0.1, 0.15) is 10.4 Å². The summed E-state index contributed by atoms with van der Waals surface area (Å²) < 4.78 is 41.4. The van der Waals surface area contributed by atoms with Gasteiger partial charge in [0.1, 0.15) is 0 Å². The SMILES string of the molecule is COC(=O)c1ccc(N(CI)C(=O)C(F)(F)F)cc1. The Balaban J connectivity index is 3.01. The molecule has 0 saturated heterocycles. The van der Waals surface area contributed by atoms with Crippen LogP contribution in [0.3, 0.4) is 0 Å². The second-order valence-electron chi connectivity index (χ2n) is 3.39. The molecule has 0 bridgehead atoms. The standard InChI is InChI=1S/C11H9F3INO3/c1-19-9(17)7-2-4-8(5-3-7)16(6-15)10(18)11(12,13)14/h2-5H,6H2,1H3. The average Bonchev–Trinajstić information content (AvgIpc) is 2.38. The highest BCUT2D eigenvalue weighted by molar-refractivity contribution is 14.1. The summed E-state index contributed by atoms with van der Waals surface area (Å²) in [5.41, 5.74) is 0.253. The third-order valence-electron chi connectivity index (χ3n) is 2.21. The fraction of sp³-hybridized carbons (Fsp3) is 0.273. The van der Waals surface area contributed by atoms with E-state index in [-0.39, 0.29) is 15.8 Å². The molecule has 1 aromatic rings. The van der Waals surface area contributed by atoms with Gasteiger partial charge < -0.3 is 4.74 Å². The van der Waals surface area contributed by atoms with Gasteiger partial charge in [0, 0.05) is 5.69 Å². The van der Waals surface area contributed by atoms with Crippen LogP contribution >= 0.6 is 22.6 Å². The summed E-state index contributed by atoms with van der Waals surface area (Å²) >= 11 is 1.65. The molecular formula is C11H9F3INO3. The van der Waals surface area contributed by atoms with Crippen molar-refractivity contribution >= 4 is 40.2 Å². The average molecular weight is 387 g/mol. The van der Waals surface area contributed by atoms with Crippen molar-refractivity contribution in [1.29, 1.82) is 0 Å². The molecule has 0 radical (unpaired) electrons. The van der Waals surface area contributed by atoms with Crippen LogP contribution in [-0.4, -0.2) is 29.7 Å². The van der Waals surface area contributed by atoms with Gasteiger partial charge in [0.2, 0.25) is 0 Å². The van der Waals surface area contributed by atoms with Gasteiger partial charge in [-0.3, -0.25) is 9.69 Å². The van der Waals surface area contributed by atoms with Gasteiger partial charge in [-0.25, -0.2) is 4.79 Å². The minimum absolute atomic E-state index is 0.0596. The Bertz CT molecular complexity index is 473. The molecular weight excluding hydrogens is 378 g/mol. The van der Waals surface area contributed by atoms with Crippen molar-refractivity contribution in [3.05, 3.63) is 29.8 Å². The van der Waals surface area contributed by atoms with Gasteiger partial charge in [-0.1, -0.05) is 22.6 Å². The minimum atomic E-state index is -4.94. The van der Waals surface area contributed by atoms with Crippen LogP contribution in [0.5, 0.6) is 0 Å². The number of alkyl halides is 4. The molecule has 0 atom stereocenters. The zero-order valence-corrected chi connectivity index (χ0v) is 11.9. The molecule has 0 aliphatic rings. The predicted octanol–water partition coefficient (Wildman–Crippen LogP) is 2.76. The lowest BCUT2D eigenvalue weighted by molar-refractivity contribution is -0.170. The highest BCUT2D eigenvalue weighted by Gasteiger charge is 2.42. The van der Waals surface area contributed by atoms with E-state index in [9.17, 15) is 22.8 Å².